The largest absolute Gasteiger partial charge is 0.466 e. The lowest BCUT2D eigenvalue weighted by atomic mass is 10.2. The molecule has 0 amide bonds. The zero-order valence-electron chi connectivity index (χ0n) is 5.99. The molecular weight excluding hydrogens is 112 g/mol. The van der Waals surface area contributed by atoms with E-state index in [1.165, 1.54) is 0 Å². The first kappa shape index (κ1) is 6.40. The van der Waals surface area contributed by atoms with Crippen LogP contribution in [0, 0.1) is 27.7 Å². The average Bonchev–Trinajstić information content (AvgIpc) is 1.98. The van der Waals surface area contributed by atoms with E-state index in [1.54, 1.807) is 0 Å². The quantitative estimate of drug-likeness (QED) is 0.514. The van der Waals surface area contributed by atoms with Gasteiger partial charge >= 0.3 is 0 Å². The molecule has 1 rings (SSSR count). The topological polar surface area (TPSA) is 13.1 Å². The summed E-state index contributed by atoms with van der Waals surface area (Å²) < 4.78 is 5.22. The van der Waals surface area contributed by atoms with Gasteiger partial charge in [-0.25, -0.2) is 0 Å². The molecule has 0 fully saturated rings. The summed E-state index contributed by atoms with van der Waals surface area (Å²) >= 11 is 0. The third kappa shape index (κ3) is 0.869. The van der Waals surface area contributed by atoms with Gasteiger partial charge in [-0.05, 0) is 26.3 Å². The van der Waals surface area contributed by atoms with Gasteiger partial charge in [0.05, 0.1) is 0 Å². The summed E-state index contributed by atoms with van der Waals surface area (Å²) in [5, 5.41) is 0. The Bertz CT molecular complexity index is 198. The maximum absolute atomic E-state index is 5.61. The molecule has 0 aliphatic rings. The second kappa shape index (κ2) is 1.90. The van der Waals surface area contributed by atoms with Gasteiger partial charge in [-0.3, -0.25) is 0 Å². The lowest BCUT2D eigenvalue weighted by Gasteiger charge is -1.84. The van der Waals surface area contributed by atoms with E-state index in [4.69, 9.17) is 11.3 Å². The molecule has 2 radical (unpaired) electrons. The highest BCUT2D eigenvalue weighted by atomic mass is 16.3. The molecule has 0 saturated carbocycles. The van der Waals surface area contributed by atoms with E-state index in [2.05, 4.69) is 0 Å². The zero-order valence-corrected chi connectivity index (χ0v) is 5.99. The molecule has 1 nitrogen and oxygen atoms in total. The molecule has 48 valence electrons. The smallest absolute Gasteiger partial charge is 0.104 e. The fourth-order valence-corrected chi connectivity index (χ4v) is 0.815. The van der Waals surface area contributed by atoms with Crippen LogP contribution >= 0.6 is 0 Å². The predicted molar refractivity (Wildman–Crippen MR) is 36.3 cm³/mol. The van der Waals surface area contributed by atoms with Crippen LogP contribution in [-0.4, -0.2) is 0 Å². The number of rotatable bonds is 0. The van der Waals surface area contributed by atoms with Gasteiger partial charge in [-0.2, -0.15) is 0 Å². The van der Waals surface area contributed by atoms with Crippen LogP contribution in [0.25, 0.3) is 0 Å². The SMILES string of the molecule is [CH]c1c(C)oc(C)c1C. The van der Waals surface area contributed by atoms with Crippen LogP contribution in [0.5, 0.6) is 0 Å². The standard InChI is InChI=1S/C8H10O/c1-5-6(2)8(4)9-7(5)3/h1H,2-4H3. The van der Waals surface area contributed by atoms with Crippen molar-refractivity contribution in [3.05, 3.63) is 29.6 Å². The van der Waals surface area contributed by atoms with Gasteiger partial charge in [-0.1, -0.05) is 0 Å². The van der Waals surface area contributed by atoms with Gasteiger partial charge in [0.1, 0.15) is 11.5 Å². The molecular formula is C8H10O. The minimum absolute atomic E-state index is 0.785. The Labute approximate surface area is 55.7 Å². The molecule has 0 aliphatic heterocycles. The van der Waals surface area contributed by atoms with Crippen LogP contribution in [0.2, 0.25) is 0 Å². The summed E-state index contributed by atoms with van der Waals surface area (Å²) in [5.74, 6) is 1.75. The van der Waals surface area contributed by atoms with Crippen molar-refractivity contribution in [2.75, 3.05) is 0 Å². The van der Waals surface area contributed by atoms with Crippen molar-refractivity contribution in [1.82, 2.24) is 0 Å². The summed E-state index contributed by atoms with van der Waals surface area (Å²) in [6.07, 6.45) is 0. The molecule has 1 aromatic rings. The third-order valence-electron chi connectivity index (χ3n) is 1.62. The number of hydrogen-bond donors (Lipinski definition) is 0. The van der Waals surface area contributed by atoms with Crippen molar-refractivity contribution in [2.24, 2.45) is 0 Å². The van der Waals surface area contributed by atoms with Crippen LogP contribution < -0.4 is 0 Å². The predicted octanol–water partition coefficient (Wildman–Crippen LogP) is 2.26. The van der Waals surface area contributed by atoms with Gasteiger partial charge < -0.3 is 4.42 Å². The normalized spacial score (nSPS) is 10.2. The molecule has 0 bridgehead atoms. The molecule has 0 aliphatic carbocycles. The molecule has 1 heteroatoms. The summed E-state index contributed by atoms with van der Waals surface area (Å²) in [6, 6.07) is 0. The minimum atomic E-state index is 0.785. The monoisotopic (exact) mass is 122 g/mol. The van der Waals surface area contributed by atoms with E-state index in [-0.39, 0.29) is 0 Å². The van der Waals surface area contributed by atoms with Gasteiger partial charge in [-0.15, -0.1) is 0 Å². The first-order chi connectivity index (χ1) is 4.13. The molecule has 0 spiro atoms. The minimum Gasteiger partial charge on any atom is -0.466 e. The Balaban J connectivity index is 3.29. The fourth-order valence-electron chi connectivity index (χ4n) is 0.815. The summed E-state index contributed by atoms with van der Waals surface area (Å²) in [4.78, 5) is 0. The van der Waals surface area contributed by atoms with Gasteiger partial charge in [0.15, 0.2) is 0 Å². The van der Waals surface area contributed by atoms with Crippen molar-refractivity contribution in [1.29, 1.82) is 0 Å². The maximum atomic E-state index is 5.61. The van der Waals surface area contributed by atoms with Crippen molar-refractivity contribution in [3.63, 3.8) is 0 Å². The van der Waals surface area contributed by atoms with E-state index < -0.39 is 0 Å². The first-order valence-electron chi connectivity index (χ1n) is 2.95. The Morgan fingerprint density at radius 3 is 1.78 bits per heavy atom. The van der Waals surface area contributed by atoms with Crippen LogP contribution in [0.15, 0.2) is 4.42 Å². The van der Waals surface area contributed by atoms with Crippen LogP contribution in [-0.2, 0) is 0 Å². The highest BCUT2D eigenvalue weighted by Gasteiger charge is 2.04. The van der Waals surface area contributed by atoms with Crippen molar-refractivity contribution >= 4 is 0 Å². The molecule has 0 aromatic carbocycles. The van der Waals surface area contributed by atoms with Crippen molar-refractivity contribution in [3.8, 4) is 0 Å². The second-order valence-corrected chi connectivity index (χ2v) is 2.25. The van der Waals surface area contributed by atoms with E-state index in [0.717, 1.165) is 22.6 Å². The van der Waals surface area contributed by atoms with Crippen LogP contribution in [0.1, 0.15) is 22.6 Å². The molecule has 0 saturated heterocycles. The Kier molecular flexibility index (Phi) is 1.35. The van der Waals surface area contributed by atoms with E-state index >= 15 is 0 Å². The lowest BCUT2D eigenvalue weighted by molar-refractivity contribution is 0.502. The lowest BCUT2D eigenvalue weighted by Crippen LogP contribution is -1.73. The fraction of sp³-hybridized carbons (Fsp3) is 0.375. The van der Waals surface area contributed by atoms with E-state index in [0.29, 0.717) is 0 Å². The molecule has 0 N–H and O–H groups in total. The first-order valence-corrected chi connectivity index (χ1v) is 2.95. The summed E-state index contributed by atoms with van der Waals surface area (Å²) in [5.41, 5.74) is 1.85. The summed E-state index contributed by atoms with van der Waals surface area (Å²) in [6.45, 7) is 11.4. The number of aryl methyl sites for hydroxylation is 2. The molecule has 0 atom stereocenters. The Morgan fingerprint density at radius 2 is 1.67 bits per heavy atom. The number of hydrogen-bond acceptors (Lipinski definition) is 1. The Morgan fingerprint density at radius 1 is 1.11 bits per heavy atom. The van der Waals surface area contributed by atoms with Crippen LogP contribution in [0.3, 0.4) is 0 Å². The second-order valence-electron chi connectivity index (χ2n) is 2.25. The molecule has 9 heavy (non-hydrogen) atoms. The number of furan rings is 1. The van der Waals surface area contributed by atoms with E-state index in [9.17, 15) is 0 Å². The highest BCUT2D eigenvalue weighted by molar-refractivity contribution is 5.33. The summed E-state index contributed by atoms with van der Waals surface area (Å²) in [7, 11) is 0. The molecule has 1 heterocycles. The maximum Gasteiger partial charge on any atom is 0.104 e. The Hall–Kier alpha value is -0.720. The van der Waals surface area contributed by atoms with E-state index in [1.807, 2.05) is 20.8 Å². The highest BCUT2D eigenvalue weighted by Crippen LogP contribution is 2.18. The average molecular weight is 122 g/mol. The molecule has 0 unspecified atom stereocenters. The molecule has 1 aromatic heterocycles. The third-order valence-corrected chi connectivity index (χ3v) is 1.62. The van der Waals surface area contributed by atoms with Crippen LogP contribution in [0.4, 0.5) is 0 Å². The van der Waals surface area contributed by atoms with Crippen molar-refractivity contribution in [2.45, 2.75) is 20.8 Å². The van der Waals surface area contributed by atoms with Gasteiger partial charge in [0, 0.05) is 12.5 Å². The zero-order chi connectivity index (χ0) is 7.02. The van der Waals surface area contributed by atoms with Crippen molar-refractivity contribution < 1.29 is 4.42 Å². The van der Waals surface area contributed by atoms with Gasteiger partial charge in [0.25, 0.3) is 0 Å². The van der Waals surface area contributed by atoms with Gasteiger partial charge in [0.2, 0.25) is 0 Å².